The van der Waals surface area contributed by atoms with E-state index in [1.165, 1.54) is 0 Å². The van der Waals surface area contributed by atoms with Crippen LogP contribution in [-0.2, 0) is 16.0 Å². The SMILES string of the molecule is O=C1CCCCN1CCCC(=O)N1C[C@@H](Cc2ccnc3ccccc23)[C@@H](O)C1. The van der Waals surface area contributed by atoms with Gasteiger partial charge in [0.05, 0.1) is 11.6 Å². The highest BCUT2D eigenvalue weighted by Crippen LogP contribution is 2.26. The molecule has 6 nitrogen and oxygen atoms in total. The van der Waals surface area contributed by atoms with E-state index in [0.29, 0.717) is 38.9 Å². The first kappa shape index (κ1) is 19.8. The number of aliphatic hydroxyl groups excluding tert-OH is 1. The molecule has 6 heteroatoms. The smallest absolute Gasteiger partial charge is 0.222 e. The number of fused-ring (bicyclic) bond motifs is 1. The van der Waals surface area contributed by atoms with Crippen LogP contribution >= 0.6 is 0 Å². The maximum Gasteiger partial charge on any atom is 0.222 e. The van der Waals surface area contributed by atoms with Gasteiger partial charge >= 0.3 is 0 Å². The van der Waals surface area contributed by atoms with Crippen molar-refractivity contribution in [2.75, 3.05) is 26.2 Å². The molecule has 4 rings (SSSR count). The van der Waals surface area contributed by atoms with E-state index < -0.39 is 6.10 Å². The molecule has 3 heterocycles. The molecule has 1 aromatic carbocycles. The molecule has 2 aliphatic heterocycles. The molecule has 1 N–H and O–H groups in total. The Morgan fingerprint density at radius 1 is 1.17 bits per heavy atom. The van der Waals surface area contributed by atoms with Crippen LogP contribution in [0.15, 0.2) is 36.5 Å². The van der Waals surface area contributed by atoms with Gasteiger partial charge in [0.2, 0.25) is 11.8 Å². The average molecular weight is 396 g/mol. The fourth-order valence-corrected chi connectivity index (χ4v) is 4.55. The minimum absolute atomic E-state index is 0.0356. The summed E-state index contributed by atoms with van der Waals surface area (Å²) < 4.78 is 0. The number of piperidine rings is 1. The van der Waals surface area contributed by atoms with Gasteiger partial charge < -0.3 is 14.9 Å². The molecule has 1 aromatic heterocycles. The first-order valence-corrected chi connectivity index (χ1v) is 10.7. The lowest BCUT2D eigenvalue weighted by molar-refractivity contribution is -0.135. The third-order valence-electron chi connectivity index (χ3n) is 6.22. The predicted octanol–water partition coefficient (Wildman–Crippen LogP) is 2.39. The van der Waals surface area contributed by atoms with Crippen molar-refractivity contribution in [1.82, 2.24) is 14.8 Å². The molecule has 2 aromatic rings. The van der Waals surface area contributed by atoms with Crippen molar-refractivity contribution >= 4 is 22.7 Å². The van der Waals surface area contributed by atoms with Crippen molar-refractivity contribution in [2.45, 2.75) is 44.6 Å². The Labute approximate surface area is 171 Å². The van der Waals surface area contributed by atoms with Gasteiger partial charge in [0, 0.05) is 56.5 Å². The van der Waals surface area contributed by atoms with E-state index in [9.17, 15) is 14.7 Å². The fraction of sp³-hybridized carbons (Fsp3) is 0.522. The Balaban J connectivity index is 1.31. The predicted molar refractivity (Wildman–Crippen MR) is 111 cm³/mol. The fourth-order valence-electron chi connectivity index (χ4n) is 4.55. The molecule has 2 aliphatic rings. The number of para-hydroxylation sites is 1. The number of carbonyl (C=O) groups excluding carboxylic acids is 2. The van der Waals surface area contributed by atoms with Crippen molar-refractivity contribution in [3.05, 3.63) is 42.1 Å². The Bertz CT molecular complexity index is 879. The summed E-state index contributed by atoms with van der Waals surface area (Å²) in [7, 11) is 0. The summed E-state index contributed by atoms with van der Waals surface area (Å²) in [4.78, 5) is 32.6. The number of pyridine rings is 1. The van der Waals surface area contributed by atoms with Crippen molar-refractivity contribution in [2.24, 2.45) is 5.92 Å². The van der Waals surface area contributed by atoms with Crippen LogP contribution in [0.25, 0.3) is 10.9 Å². The van der Waals surface area contributed by atoms with Crippen LogP contribution in [0.5, 0.6) is 0 Å². The zero-order valence-corrected chi connectivity index (χ0v) is 16.8. The summed E-state index contributed by atoms with van der Waals surface area (Å²) in [6.07, 6.45) is 5.84. The summed E-state index contributed by atoms with van der Waals surface area (Å²) in [5.74, 6) is 0.328. The maximum atomic E-state index is 12.6. The van der Waals surface area contributed by atoms with Crippen LogP contribution in [0.4, 0.5) is 0 Å². The summed E-state index contributed by atoms with van der Waals surface area (Å²) in [5.41, 5.74) is 2.12. The zero-order chi connectivity index (χ0) is 20.2. The lowest BCUT2D eigenvalue weighted by Gasteiger charge is -2.26. The second-order valence-corrected chi connectivity index (χ2v) is 8.26. The summed E-state index contributed by atoms with van der Waals surface area (Å²) in [6, 6.07) is 10.0. The quantitative estimate of drug-likeness (QED) is 0.815. The van der Waals surface area contributed by atoms with Gasteiger partial charge in [0.25, 0.3) is 0 Å². The monoisotopic (exact) mass is 395 g/mol. The highest BCUT2D eigenvalue weighted by atomic mass is 16.3. The van der Waals surface area contributed by atoms with Gasteiger partial charge in [-0.1, -0.05) is 18.2 Å². The lowest BCUT2D eigenvalue weighted by atomic mass is 9.94. The van der Waals surface area contributed by atoms with Crippen LogP contribution in [0.3, 0.4) is 0 Å². The molecular weight excluding hydrogens is 366 g/mol. The van der Waals surface area contributed by atoms with Gasteiger partial charge in [-0.25, -0.2) is 0 Å². The maximum absolute atomic E-state index is 12.6. The summed E-state index contributed by atoms with van der Waals surface area (Å²) in [6.45, 7) is 2.46. The molecular formula is C23H29N3O3. The Kier molecular flexibility index (Phi) is 6.09. The van der Waals surface area contributed by atoms with Crippen LogP contribution in [0.2, 0.25) is 0 Å². The highest BCUT2D eigenvalue weighted by Gasteiger charge is 2.34. The summed E-state index contributed by atoms with van der Waals surface area (Å²) >= 11 is 0. The van der Waals surface area contributed by atoms with E-state index in [1.807, 2.05) is 35.4 Å². The van der Waals surface area contributed by atoms with Crippen molar-refractivity contribution in [3.63, 3.8) is 0 Å². The molecule has 2 saturated heterocycles. The molecule has 0 aliphatic carbocycles. The number of aliphatic hydroxyl groups is 1. The van der Waals surface area contributed by atoms with Crippen molar-refractivity contribution < 1.29 is 14.7 Å². The molecule has 0 radical (unpaired) electrons. The number of amides is 2. The molecule has 0 unspecified atom stereocenters. The minimum atomic E-state index is -0.505. The molecule has 29 heavy (non-hydrogen) atoms. The Hall–Kier alpha value is -2.47. The standard InChI is InChI=1S/C23H29N3O3/c27-21-16-26(23(29)9-5-13-25-12-4-3-8-22(25)28)15-18(21)14-17-10-11-24-20-7-2-1-6-19(17)20/h1-2,6-7,10-11,18,21,27H,3-5,8-9,12-16H2/t18-,21+/m1/s1. The molecule has 154 valence electrons. The summed E-state index contributed by atoms with van der Waals surface area (Å²) in [5, 5.41) is 11.7. The zero-order valence-electron chi connectivity index (χ0n) is 16.8. The third-order valence-corrected chi connectivity index (χ3v) is 6.22. The van der Waals surface area contributed by atoms with E-state index in [-0.39, 0.29) is 17.7 Å². The average Bonchev–Trinajstić information content (AvgIpc) is 3.10. The largest absolute Gasteiger partial charge is 0.391 e. The van der Waals surface area contributed by atoms with E-state index >= 15 is 0 Å². The van der Waals surface area contributed by atoms with Gasteiger partial charge in [-0.3, -0.25) is 14.6 Å². The van der Waals surface area contributed by atoms with E-state index in [0.717, 1.165) is 42.3 Å². The van der Waals surface area contributed by atoms with Gasteiger partial charge in [0.15, 0.2) is 0 Å². The Morgan fingerprint density at radius 2 is 2.03 bits per heavy atom. The number of aromatic nitrogens is 1. The van der Waals surface area contributed by atoms with E-state index in [2.05, 4.69) is 11.1 Å². The van der Waals surface area contributed by atoms with Crippen LogP contribution < -0.4 is 0 Å². The van der Waals surface area contributed by atoms with E-state index in [1.54, 1.807) is 4.90 Å². The third kappa shape index (κ3) is 4.58. The first-order chi connectivity index (χ1) is 14.1. The topological polar surface area (TPSA) is 73.7 Å². The number of hydrogen-bond acceptors (Lipinski definition) is 4. The van der Waals surface area contributed by atoms with Gasteiger partial charge in [-0.15, -0.1) is 0 Å². The molecule has 2 amide bonds. The van der Waals surface area contributed by atoms with Crippen LogP contribution in [0, 0.1) is 5.92 Å². The number of hydrogen-bond donors (Lipinski definition) is 1. The van der Waals surface area contributed by atoms with Gasteiger partial charge in [-0.05, 0) is 43.4 Å². The van der Waals surface area contributed by atoms with E-state index in [4.69, 9.17) is 0 Å². The lowest BCUT2D eigenvalue weighted by Crippen LogP contribution is -2.37. The number of β-amino-alcohol motifs (C(OH)–C–C–N with tert-alkyl or cyclic N) is 1. The number of nitrogens with zero attached hydrogens (tertiary/aromatic N) is 3. The number of benzene rings is 1. The Morgan fingerprint density at radius 3 is 2.90 bits per heavy atom. The molecule has 2 atom stereocenters. The molecule has 0 saturated carbocycles. The van der Waals surface area contributed by atoms with Crippen LogP contribution in [-0.4, -0.2) is 64.0 Å². The highest BCUT2D eigenvalue weighted by molar-refractivity contribution is 5.82. The second kappa shape index (κ2) is 8.91. The molecule has 0 bridgehead atoms. The number of likely N-dealkylation sites (tertiary alicyclic amines) is 2. The van der Waals surface area contributed by atoms with Crippen molar-refractivity contribution in [1.29, 1.82) is 0 Å². The first-order valence-electron chi connectivity index (χ1n) is 10.7. The van der Waals surface area contributed by atoms with Crippen molar-refractivity contribution in [3.8, 4) is 0 Å². The normalized spacial score (nSPS) is 22.4. The molecule has 2 fully saturated rings. The van der Waals surface area contributed by atoms with Gasteiger partial charge in [-0.2, -0.15) is 0 Å². The van der Waals surface area contributed by atoms with Crippen LogP contribution in [0.1, 0.15) is 37.7 Å². The number of rotatable bonds is 6. The molecule has 0 spiro atoms. The minimum Gasteiger partial charge on any atom is -0.391 e. The number of carbonyl (C=O) groups is 2. The van der Waals surface area contributed by atoms with Gasteiger partial charge in [0.1, 0.15) is 0 Å². The second-order valence-electron chi connectivity index (χ2n) is 8.26.